The lowest BCUT2D eigenvalue weighted by Crippen LogP contribution is -2.49. The van der Waals surface area contributed by atoms with Crippen LogP contribution < -0.4 is 10.2 Å². The lowest BCUT2D eigenvalue weighted by molar-refractivity contribution is -0.120. The van der Waals surface area contributed by atoms with E-state index in [1.165, 1.54) is 11.2 Å². The van der Waals surface area contributed by atoms with E-state index in [1.54, 1.807) is 16.8 Å². The van der Waals surface area contributed by atoms with Gasteiger partial charge in [0, 0.05) is 13.0 Å². The van der Waals surface area contributed by atoms with Crippen LogP contribution in [-0.4, -0.2) is 33.1 Å². The maximum atomic E-state index is 11.7. The molecule has 3 rings (SSSR count). The van der Waals surface area contributed by atoms with Gasteiger partial charge >= 0.3 is 6.03 Å². The molecule has 1 saturated heterocycles. The maximum Gasteiger partial charge on any atom is 0.328 e. The SMILES string of the molecule is O=C1CCN(c2cc(Br)c3ncnn3c2)C(=O)N1. The van der Waals surface area contributed by atoms with Crippen molar-refractivity contribution in [1.82, 2.24) is 19.9 Å². The zero-order valence-corrected chi connectivity index (χ0v) is 10.7. The number of pyridine rings is 1. The molecule has 1 aliphatic heterocycles. The molecule has 92 valence electrons. The molecule has 0 unspecified atom stereocenters. The summed E-state index contributed by atoms with van der Waals surface area (Å²) in [5.41, 5.74) is 1.33. The summed E-state index contributed by atoms with van der Waals surface area (Å²) in [7, 11) is 0. The van der Waals surface area contributed by atoms with Crippen molar-refractivity contribution in [3.8, 4) is 0 Å². The highest BCUT2D eigenvalue weighted by atomic mass is 79.9. The molecule has 7 nitrogen and oxygen atoms in total. The zero-order valence-electron chi connectivity index (χ0n) is 9.13. The van der Waals surface area contributed by atoms with E-state index in [1.807, 2.05) is 0 Å². The topological polar surface area (TPSA) is 79.6 Å². The van der Waals surface area contributed by atoms with Crippen molar-refractivity contribution in [2.75, 3.05) is 11.4 Å². The number of halogens is 1. The van der Waals surface area contributed by atoms with E-state index in [0.29, 0.717) is 24.3 Å². The molecular weight excluding hydrogens is 302 g/mol. The van der Waals surface area contributed by atoms with E-state index in [-0.39, 0.29) is 5.91 Å². The minimum absolute atomic E-state index is 0.253. The number of nitrogens with zero attached hydrogens (tertiary/aromatic N) is 4. The largest absolute Gasteiger partial charge is 0.328 e. The lowest BCUT2D eigenvalue weighted by Gasteiger charge is -2.26. The summed E-state index contributed by atoms with van der Waals surface area (Å²) in [6, 6.07) is 1.36. The van der Waals surface area contributed by atoms with Crippen molar-refractivity contribution in [3.63, 3.8) is 0 Å². The van der Waals surface area contributed by atoms with Gasteiger partial charge in [-0.25, -0.2) is 14.3 Å². The third-order valence-corrected chi connectivity index (χ3v) is 3.27. The number of carbonyl (C=O) groups is 2. The number of carbonyl (C=O) groups excluding carboxylic acids is 2. The third kappa shape index (κ3) is 1.74. The fourth-order valence-electron chi connectivity index (χ4n) is 1.83. The number of amides is 3. The number of rotatable bonds is 1. The van der Waals surface area contributed by atoms with Crippen molar-refractivity contribution in [2.45, 2.75) is 6.42 Å². The summed E-state index contributed by atoms with van der Waals surface area (Å²) < 4.78 is 2.31. The standard InChI is InChI=1S/C10H8BrN5O2/c11-7-3-6(4-16-9(7)12-5-13-16)15-2-1-8(17)14-10(15)18/h3-5H,1-2H2,(H,14,17,18). The molecular formula is C10H8BrN5O2. The van der Waals surface area contributed by atoms with Crippen LogP contribution in [0.3, 0.4) is 0 Å². The molecule has 1 fully saturated rings. The molecule has 3 heterocycles. The first-order valence-electron chi connectivity index (χ1n) is 5.25. The molecule has 1 aliphatic rings. The quantitative estimate of drug-likeness (QED) is 0.850. The van der Waals surface area contributed by atoms with E-state index >= 15 is 0 Å². The van der Waals surface area contributed by atoms with Gasteiger partial charge in [0.15, 0.2) is 5.65 Å². The van der Waals surface area contributed by atoms with Gasteiger partial charge in [0.25, 0.3) is 0 Å². The molecule has 3 amide bonds. The molecule has 0 radical (unpaired) electrons. The van der Waals surface area contributed by atoms with E-state index < -0.39 is 6.03 Å². The van der Waals surface area contributed by atoms with E-state index in [2.05, 4.69) is 31.3 Å². The second-order valence-corrected chi connectivity index (χ2v) is 4.68. The summed E-state index contributed by atoms with van der Waals surface area (Å²) >= 11 is 3.38. The summed E-state index contributed by atoms with van der Waals surface area (Å²) in [6.07, 6.45) is 3.42. The molecule has 0 spiro atoms. The Morgan fingerprint density at radius 2 is 2.22 bits per heavy atom. The normalized spacial score (nSPS) is 16.2. The highest BCUT2D eigenvalue weighted by molar-refractivity contribution is 9.10. The number of anilines is 1. The Morgan fingerprint density at radius 1 is 1.39 bits per heavy atom. The van der Waals surface area contributed by atoms with Gasteiger partial charge in [-0.15, -0.1) is 0 Å². The first-order chi connectivity index (χ1) is 8.65. The molecule has 0 aromatic carbocycles. The molecule has 2 aromatic rings. The maximum absolute atomic E-state index is 11.7. The number of nitrogens with one attached hydrogen (secondary N) is 1. The van der Waals surface area contributed by atoms with Gasteiger partial charge in [-0.1, -0.05) is 0 Å². The average Bonchev–Trinajstić information content (AvgIpc) is 2.77. The highest BCUT2D eigenvalue weighted by Gasteiger charge is 2.25. The number of fused-ring (bicyclic) bond motifs is 1. The Morgan fingerprint density at radius 3 is 3.00 bits per heavy atom. The second kappa shape index (κ2) is 4.05. The van der Waals surface area contributed by atoms with Crippen LogP contribution >= 0.6 is 15.9 Å². The third-order valence-electron chi connectivity index (χ3n) is 2.68. The molecule has 0 saturated carbocycles. The summed E-state index contributed by atoms with van der Waals surface area (Å²) in [5, 5.41) is 6.30. The predicted molar refractivity (Wildman–Crippen MR) is 66.2 cm³/mol. The Balaban J connectivity index is 2.03. The van der Waals surface area contributed by atoms with Crippen molar-refractivity contribution in [1.29, 1.82) is 0 Å². The molecule has 18 heavy (non-hydrogen) atoms. The molecule has 0 atom stereocenters. The van der Waals surface area contributed by atoms with Crippen molar-refractivity contribution >= 4 is 39.2 Å². The van der Waals surface area contributed by atoms with Gasteiger partial charge in [0.2, 0.25) is 5.91 Å². The number of imide groups is 1. The van der Waals surface area contributed by atoms with Gasteiger partial charge < -0.3 is 0 Å². The second-order valence-electron chi connectivity index (χ2n) is 3.83. The molecule has 0 bridgehead atoms. The van der Waals surface area contributed by atoms with Crippen molar-refractivity contribution in [3.05, 3.63) is 23.1 Å². The number of aromatic nitrogens is 3. The fourth-order valence-corrected chi connectivity index (χ4v) is 2.35. The Hall–Kier alpha value is -1.96. The molecule has 0 aliphatic carbocycles. The van der Waals surface area contributed by atoms with Crippen LogP contribution in [0, 0.1) is 0 Å². The summed E-state index contributed by atoms with van der Waals surface area (Å²) in [4.78, 5) is 28.4. The summed E-state index contributed by atoms with van der Waals surface area (Å²) in [6.45, 7) is 0.358. The van der Waals surface area contributed by atoms with Gasteiger partial charge in [0.1, 0.15) is 6.33 Å². The van der Waals surface area contributed by atoms with Gasteiger partial charge in [-0.05, 0) is 22.0 Å². The first-order valence-corrected chi connectivity index (χ1v) is 6.05. The summed E-state index contributed by atoms with van der Waals surface area (Å²) in [5.74, 6) is -0.253. The smallest absolute Gasteiger partial charge is 0.292 e. The van der Waals surface area contributed by atoms with E-state index in [0.717, 1.165) is 4.47 Å². The zero-order chi connectivity index (χ0) is 12.7. The average molecular weight is 310 g/mol. The van der Waals surface area contributed by atoms with Gasteiger partial charge in [0.05, 0.1) is 16.4 Å². The Bertz CT molecular complexity index is 653. The molecule has 2 aromatic heterocycles. The monoisotopic (exact) mass is 309 g/mol. The minimum atomic E-state index is -0.419. The lowest BCUT2D eigenvalue weighted by atomic mass is 10.3. The van der Waals surface area contributed by atoms with Crippen LogP contribution in [0.5, 0.6) is 0 Å². The number of urea groups is 1. The highest BCUT2D eigenvalue weighted by Crippen LogP contribution is 2.24. The van der Waals surface area contributed by atoms with Crippen LogP contribution in [0.25, 0.3) is 5.65 Å². The van der Waals surface area contributed by atoms with Crippen molar-refractivity contribution in [2.24, 2.45) is 0 Å². The molecule has 8 heteroatoms. The minimum Gasteiger partial charge on any atom is -0.292 e. The van der Waals surface area contributed by atoms with E-state index in [9.17, 15) is 9.59 Å². The van der Waals surface area contributed by atoms with E-state index in [4.69, 9.17) is 0 Å². The fraction of sp³-hybridized carbons (Fsp3) is 0.200. The number of hydrogen-bond acceptors (Lipinski definition) is 4. The van der Waals surface area contributed by atoms with Gasteiger partial charge in [-0.3, -0.25) is 15.0 Å². The predicted octanol–water partition coefficient (Wildman–Crippen LogP) is 0.938. The van der Waals surface area contributed by atoms with Crippen LogP contribution in [0.15, 0.2) is 23.1 Å². The van der Waals surface area contributed by atoms with Crippen LogP contribution in [0.4, 0.5) is 10.5 Å². The molecule has 1 N–H and O–H groups in total. The van der Waals surface area contributed by atoms with Crippen LogP contribution in [-0.2, 0) is 4.79 Å². The first kappa shape index (κ1) is 11.1. The van der Waals surface area contributed by atoms with Crippen LogP contribution in [0.2, 0.25) is 0 Å². The van der Waals surface area contributed by atoms with Crippen LogP contribution in [0.1, 0.15) is 6.42 Å². The van der Waals surface area contributed by atoms with Gasteiger partial charge in [-0.2, -0.15) is 5.10 Å². The Labute approximate surface area is 110 Å². The Kier molecular flexibility index (Phi) is 2.51. The van der Waals surface area contributed by atoms with Crippen molar-refractivity contribution < 1.29 is 9.59 Å². The number of hydrogen-bond donors (Lipinski definition) is 1.